The lowest BCUT2D eigenvalue weighted by Crippen LogP contribution is -2.55. The largest absolute Gasteiger partial charge is 0.467 e. The molecule has 2 aromatic rings. The van der Waals surface area contributed by atoms with E-state index in [1.807, 2.05) is 54.9 Å². The first kappa shape index (κ1) is 20.8. The first-order valence-corrected chi connectivity index (χ1v) is 9.94. The summed E-state index contributed by atoms with van der Waals surface area (Å²) >= 11 is 0. The molecule has 1 saturated heterocycles. The molecule has 1 aromatic heterocycles. The molecule has 3 rings (SSSR count). The number of benzene rings is 1. The summed E-state index contributed by atoms with van der Waals surface area (Å²) in [6.45, 7) is 3.88. The summed E-state index contributed by atoms with van der Waals surface area (Å²) in [7, 11) is 1.34. The van der Waals surface area contributed by atoms with Gasteiger partial charge < -0.3 is 15.0 Å². The van der Waals surface area contributed by atoms with Crippen LogP contribution in [0.25, 0.3) is 0 Å². The maximum Gasteiger partial charge on any atom is 0.328 e. The average molecular weight is 396 g/mol. The number of urea groups is 1. The Labute approximate surface area is 171 Å². The fourth-order valence-electron chi connectivity index (χ4n) is 3.44. The van der Waals surface area contributed by atoms with Crippen LogP contribution in [0.1, 0.15) is 11.1 Å². The van der Waals surface area contributed by atoms with Gasteiger partial charge in [0.05, 0.1) is 7.11 Å². The van der Waals surface area contributed by atoms with E-state index in [9.17, 15) is 9.59 Å². The number of amides is 2. The third-order valence-electron chi connectivity index (χ3n) is 5.19. The number of esters is 1. The average Bonchev–Trinajstić information content (AvgIpc) is 2.78. The van der Waals surface area contributed by atoms with Crippen LogP contribution in [0.3, 0.4) is 0 Å². The maximum absolute atomic E-state index is 12.7. The molecule has 2 amide bonds. The van der Waals surface area contributed by atoms with Crippen molar-refractivity contribution in [1.82, 2.24) is 20.1 Å². The van der Waals surface area contributed by atoms with Crippen LogP contribution in [0.15, 0.2) is 54.9 Å². The Morgan fingerprint density at radius 2 is 1.72 bits per heavy atom. The van der Waals surface area contributed by atoms with Crippen molar-refractivity contribution in [3.8, 4) is 0 Å². The van der Waals surface area contributed by atoms with E-state index in [-0.39, 0.29) is 6.03 Å². The van der Waals surface area contributed by atoms with Crippen molar-refractivity contribution in [1.29, 1.82) is 0 Å². The second kappa shape index (κ2) is 10.6. The van der Waals surface area contributed by atoms with Gasteiger partial charge in [-0.1, -0.05) is 30.3 Å². The molecule has 7 heteroatoms. The predicted molar refractivity (Wildman–Crippen MR) is 110 cm³/mol. The van der Waals surface area contributed by atoms with Crippen molar-refractivity contribution in [2.45, 2.75) is 18.9 Å². The van der Waals surface area contributed by atoms with E-state index in [0.29, 0.717) is 19.5 Å². The third kappa shape index (κ3) is 6.29. The summed E-state index contributed by atoms with van der Waals surface area (Å²) in [5.41, 5.74) is 2.24. The van der Waals surface area contributed by atoms with Gasteiger partial charge in [0, 0.05) is 51.5 Å². The van der Waals surface area contributed by atoms with Gasteiger partial charge >= 0.3 is 12.0 Å². The number of carbonyl (C=O) groups excluding carboxylic acids is 2. The highest BCUT2D eigenvalue weighted by molar-refractivity contribution is 5.83. The van der Waals surface area contributed by atoms with Crippen molar-refractivity contribution in [3.63, 3.8) is 0 Å². The first-order valence-electron chi connectivity index (χ1n) is 9.94. The molecule has 0 unspecified atom stereocenters. The molecule has 0 saturated carbocycles. The minimum absolute atomic E-state index is 0.217. The Bertz CT molecular complexity index is 777. The molecule has 1 atom stereocenters. The number of piperazine rings is 1. The zero-order chi connectivity index (χ0) is 20.5. The molecule has 1 aliphatic rings. The standard InChI is InChI=1S/C22H28N4O3/c1-29-21(27)20(17-19-5-3-2-4-6-19)24-22(28)26-15-13-25(14-16-26)12-9-18-7-10-23-11-8-18/h2-8,10-11,20H,9,12-17H2,1H3,(H,24,28)/t20-/m1/s1. The lowest BCUT2D eigenvalue weighted by molar-refractivity contribution is -0.142. The van der Waals surface area contributed by atoms with Crippen molar-refractivity contribution < 1.29 is 14.3 Å². The highest BCUT2D eigenvalue weighted by Crippen LogP contribution is 2.08. The van der Waals surface area contributed by atoms with Crippen molar-refractivity contribution in [2.24, 2.45) is 0 Å². The van der Waals surface area contributed by atoms with Gasteiger partial charge in [0.1, 0.15) is 6.04 Å². The van der Waals surface area contributed by atoms with Crippen LogP contribution in [0.4, 0.5) is 4.79 Å². The quantitative estimate of drug-likeness (QED) is 0.722. The molecule has 2 heterocycles. The summed E-state index contributed by atoms with van der Waals surface area (Å²) in [6.07, 6.45) is 5.00. The van der Waals surface area contributed by atoms with E-state index in [0.717, 1.165) is 31.6 Å². The van der Waals surface area contributed by atoms with Crippen molar-refractivity contribution >= 4 is 12.0 Å². The Kier molecular flexibility index (Phi) is 7.58. The molecule has 29 heavy (non-hydrogen) atoms. The SMILES string of the molecule is COC(=O)[C@@H](Cc1ccccc1)NC(=O)N1CCN(CCc2ccncc2)CC1. The zero-order valence-electron chi connectivity index (χ0n) is 16.8. The lowest BCUT2D eigenvalue weighted by Gasteiger charge is -2.35. The molecule has 7 nitrogen and oxygen atoms in total. The number of rotatable bonds is 7. The summed E-state index contributed by atoms with van der Waals surface area (Å²) < 4.78 is 4.88. The highest BCUT2D eigenvalue weighted by atomic mass is 16.5. The van der Waals surface area contributed by atoms with E-state index >= 15 is 0 Å². The van der Waals surface area contributed by atoms with Gasteiger partial charge in [0.25, 0.3) is 0 Å². The summed E-state index contributed by atoms with van der Waals surface area (Å²) in [5.74, 6) is -0.432. The number of pyridine rings is 1. The molecule has 1 aromatic carbocycles. The number of hydrogen-bond acceptors (Lipinski definition) is 5. The maximum atomic E-state index is 12.7. The smallest absolute Gasteiger partial charge is 0.328 e. The van der Waals surface area contributed by atoms with Gasteiger partial charge in [-0.2, -0.15) is 0 Å². The number of nitrogens with zero attached hydrogens (tertiary/aromatic N) is 3. The van der Waals surface area contributed by atoms with Gasteiger partial charge in [-0.15, -0.1) is 0 Å². The molecule has 1 N–H and O–H groups in total. The highest BCUT2D eigenvalue weighted by Gasteiger charge is 2.26. The third-order valence-corrected chi connectivity index (χ3v) is 5.19. The second-order valence-electron chi connectivity index (χ2n) is 7.15. The van der Waals surface area contributed by atoms with Gasteiger partial charge in [-0.25, -0.2) is 9.59 Å². The van der Waals surface area contributed by atoms with Crippen molar-refractivity contribution in [3.05, 3.63) is 66.0 Å². The van der Waals surface area contributed by atoms with E-state index in [4.69, 9.17) is 4.74 Å². The molecule has 1 fully saturated rings. The van der Waals surface area contributed by atoms with Crippen LogP contribution in [-0.2, 0) is 22.4 Å². The molecule has 0 radical (unpaired) electrons. The summed E-state index contributed by atoms with van der Waals surface area (Å²) in [6, 6.07) is 12.8. The Hall–Kier alpha value is -2.93. The molecular formula is C22H28N4O3. The van der Waals surface area contributed by atoms with Gasteiger partial charge in [0.2, 0.25) is 0 Å². The topological polar surface area (TPSA) is 74.8 Å². The second-order valence-corrected chi connectivity index (χ2v) is 7.15. The van der Waals surface area contributed by atoms with Gasteiger partial charge in [-0.3, -0.25) is 9.88 Å². The van der Waals surface area contributed by atoms with Crippen LogP contribution in [0.2, 0.25) is 0 Å². The van der Waals surface area contributed by atoms with Crippen LogP contribution in [0, 0.1) is 0 Å². The minimum atomic E-state index is -0.695. The molecule has 0 aliphatic carbocycles. The lowest BCUT2D eigenvalue weighted by atomic mass is 10.1. The fourth-order valence-corrected chi connectivity index (χ4v) is 3.44. The number of aromatic nitrogens is 1. The molecular weight excluding hydrogens is 368 g/mol. The van der Waals surface area contributed by atoms with Crippen LogP contribution >= 0.6 is 0 Å². The number of carbonyl (C=O) groups is 2. The number of methoxy groups -OCH3 is 1. The minimum Gasteiger partial charge on any atom is -0.467 e. The molecule has 1 aliphatic heterocycles. The van der Waals surface area contributed by atoms with Gasteiger partial charge in [0.15, 0.2) is 0 Å². The molecule has 0 spiro atoms. The Morgan fingerprint density at radius 1 is 1.03 bits per heavy atom. The van der Waals surface area contributed by atoms with E-state index in [2.05, 4.69) is 15.2 Å². The van der Waals surface area contributed by atoms with E-state index < -0.39 is 12.0 Å². The monoisotopic (exact) mass is 396 g/mol. The Balaban J connectivity index is 1.47. The predicted octanol–water partition coefficient (Wildman–Crippen LogP) is 1.74. The summed E-state index contributed by atoms with van der Waals surface area (Å²) in [4.78, 5) is 33.0. The first-order chi connectivity index (χ1) is 14.2. The van der Waals surface area contributed by atoms with E-state index in [1.54, 1.807) is 4.90 Å². The molecule has 0 bridgehead atoms. The van der Waals surface area contributed by atoms with Crippen LogP contribution in [-0.4, -0.2) is 72.7 Å². The van der Waals surface area contributed by atoms with Crippen molar-refractivity contribution in [2.75, 3.05) is 39.8 Å². The zero-order valence-corrected chi connectivity index (χ0v) is 16.8. The Morgan fingerprint density at radius 3 is 2.38 bits per heavy atom. The number of nitrogens with one attached hydrogen (secondary N) is 1. The number of hydrogen-bond donors (Lipinski definition) is 1. The van der Waals surface area contributed by atoms with Crippen LogP contribution in [0.5, 0.6) is 0 Å². The number of ether oxygens (including phenoxy) is 1. The summed E-state index contributed by atoms with van der Waals surface area (Å²) in [5, 5.41) is 2.85. The molecule has 154 valence electrons. The van der Waals surface area contributed by atoms with E-state index in [1.165, 1.54) is 12.7 Å². The van der Waals surface area contributed by atoms with Gasteiger partial charge in [-0.05, 0) is 29.7 Å². The fraction of sp³-hybridized carbons (Fsp3) is 0.409. The van der Waals surface area contributed by atoms with Crippen LogP contribution < -0.4 is 5.32 Å². The normalized spacial score (nSPS) is 15.6.